The summed E-state index contributed by atoms with van der Waals surface area (Å²) in [6.07, 6.45) is 7.74. The Morgan fingerprint density at radius 3 is 2.59 bits per heavy atom. The first-order chi connectivity index (χ1) is 8.34. The number of thioether (sulfide) groups is 1. The highest BCUT2D eigenvalue weighted by Gasteiger charge is 2.17. The van der Waals surface area contributed by atoms with E-state index in [1.165, 1.54) is 38.5 Å². The zero-order chi connectivity index (χ0) is 11.9. The standard InChI is InChI=1S/C13H24N2OS/c16-13(15-9-11-3-1-2-4-11)10-17-12-5-7-14-8-6-12/h11-12,14H,1-10H2,(H,15,16). The highest BCUT2D eigenvalue weighted by molar-refractivity contribution is 8.00. The minimum atomic E-state index is 0.237. The molecular weight excluding hydrogens is 232 g/mol. The van der Waals surface area contributed by atoms with E-state index in [1.807, 2.05) is 11.8 Å². The van der Waals surface area contributed by atoms with E-state index in [1.54, 1.807) is 0 Å². The van der Waals surface area contributed by atoms with Crippen molar-refractivity contribution in [1.29, 1.82) is 0 Å². The van der Waals surface area contributed by atoms with E-state index in [0.29, 0.717) is 11.0 Å². The summed E-state index contributed by atoms with van der Waals surface area (Å²) in [6.45, 7) is 3.13. The topological polar surface area (TPSA) is 41.1 Å². The lowest BCUT2D eigenvalue weighted by molar-refractivity contribution is -0.118. The molecule has 1 aliphatic carbocycles. The van der Waals surface area contributed by atoms with Crippen molar-refractivity contribution >= 4 is 17.7 Å². The Morgan fingerprint density at radius 1 is 1.18 bits per heavy atom. The highest BCUT2D eigenvalue weighted by atomic mass is 32.2. The largest absolute Gasteiger partial charge is 0.355 e. The van der Waals surface area contributed by atoms with Gasteiger partial charge >= 0.3 is 0 Å². The molecule has 1 saturated heterocycles. The van der Waals surface area contributed by atoms with Crippen molar-refractivity contribution in [3.05, 3.63) is 0 Å². The SMILES string of the molecule is O=C(CSC1CCNCC1)NCC1CCCC1. The summed E-state index contributed by atoms with van der Waals surface area (Å²) in [5.41, 5.74) is 0. The summed E-state index contributed by atoms with van der Waals surface area (Å²) in [4.78, 5) is 11.7. The minimum absolute atomic E-state index is 0.237. The van der Waals surface area contributed by atoms with Gasteiger partial charge in [-0.1, -0.05) is 12.8 Å². The molecule has 0 unspecified atom stereocenters. The number of piperidine rings is 1. The molecule has 2 N–H and O–H groups in total. The van der Waals surface area contributed by atoms with E-state index in [9.17, 15) is 4.79 Å². The van der Waals surface area contributed by atoms with E-state index in [4.69, 9.17) is 0 Å². The fraction of sp³-hybridized carbons (Fsp3) is 0.923. The van der Waals surface area contributed by atoms with Crippen molar-refractivity contribution < 1.29 is 4.79 Å². The average Bonchev–Trinajstić information content (AvgIpc) is 2.88. The number of rotatable bonds is 5. The van der Waals surface area contributed by atoms with Crippen molar-refractivity contribution in [2.75, 3.05) is 25.4 Å². The smallest absolute Gasteiger partial charge is 0.230 e. The second-order valence-electron chi connectivity index (χ2n) is 5.21. The second kappa shape index (κ2) is 7.27. The first kappa shape index (κ1) is 13.2. The van der Waals surface area contributed by atoms with Crippen LogP contribution in [0.2, 0.25) is 0 Å². The van der Waals surface area contributed by atoms with Crippen LogP contribution in [-0.4, -0.2) is 36.5 Å². The fourth-order valence-electron chi connectivity index (χ4n) is 2.68. The lowest BCUT2D eigenvalue weighted by Crippen LogP contribution is -2.32. The lowest BCUT2D eigenvalue weighted by Gasteiger charge is -2.21. The molecule has 2 aliphatic rings. The van der Waals surface area contributed by atoms with Gasteiger partial charge in [-0.15, -0.1) is 11.8 Å². The van der Waals surface area contributed by atoms with Gasteiger partial charge in [-0.05, 0) is 44.7 Å². The van der Waals surface area contributed by atoms with Gasteiger partial charge in [0.25, 0.3) is 0 Å². The molecule has 1 aliphatic heterocycles. The van der Waals surface area contributed by atoms with Gasteiger partial charge in [-0.25, -0.2) is 0 Å². The third kappa shape index (κ3) is 4.88. The molecule has 17 heavy (non-hydrogen) atoms. The van der Waals surface area contributed by atoms with Gasteiger partial charge < -0.3 is 10.6 Å². The molecule has 0 aromatic heterocycles. The van der Waals surface area contributed by atoms with Crippen LogP contribution in [0.25, 0.3) is 0 Å². The zero-order valence-corrected chi connectivity index (χ0v) is 11.4. The number of carbonyl (C=O) groups excluding carboxylic acids is 1. The summed E-state index contributed by atoms with van der Waals surface area (Å²) in [5, 5.41) is 7.13. The van der Waals surface area contributed by atoms with E-state index in [-0.39, 0.29) is 5.91 Å². The fourth-order valence-corrected chi connectivity index (χ4v) is 3.74. The average molecular weight is 256 g/mol. The first-order valence-electron chi connectivity index (χ1n) is 6.93. The predicted molar refractivity (Wildman–Crippen MR) is 73.3 cm³/mol. The van der Waals surface area contributed by atoms with Crippen molar-refractivity contribution in [2.45, 2.75) is 43.8 Å². The van der Waals surface area contributed by atoms with Gasteiger partial charge in [0.15, 0.2) is 0 Å². The van der Waals surface area contributed by atoms with E-state index < -0.39 is 0 Å². The van der Waals surface area contributed by atoms with Gasteiger partial charge in [0, 0.05) is 11.8 Å². The Hall–Kier alpha value is -0.220. The molecule has 0 aromatic carbocycles. The lowest BCUT2D eigenvalue weighted by atomic mass is 10.1. The molecule has 2 fully saturated rings. The van der Waals surface area contributed by atoms with Gasteiger partial charge in [-0.2, -0.15) is 0 Å². The van der Waals surface area contributed by atoms with Crippen molar-refractivity contribution in [3.63, 3.8) is 0 Å². The monoisotopic (exact) mass is 256 g/mol. The van der Waals surface area contributed by atoms with Crippen molar-refractivity contribution in [3.8, 4) is 0 Å². The second-order valence-corrected chi connectivity index (χ2v) is 6.50. The molecule has 0 atom stereocenters. The molecule has 0 aromatic rings. The summed E-state index contributed by atoms with van der Waals surface area (Å²) in [5.74, 6) is 1.64. The van der Waals surface area contributed by atoms with Crippen molar-refractivity contribution in [2.24, 2.45) is 5.92 Å². The van der Waals surface area contributed by atoms with Gasteiger partial charge in [0.1, 0.15) is 0 Å². The Morgan fingerprint density at radius 2 is 1.88 bits per heavy atom. The molecule has 2 rings (SSSR count). The quantitative estimate of drug-likeness (QED) is 0.788. The molecular formula is C13H24N2OS. The van der Waals surface area contributed by atoms with Crippen LogP contribution in [0.15, 0.2) is 0 Å². The van der Waals surface area contributed by atoms with Crippen molar-refractivity contribution in [1.82, 2.24) is 10.6 Å². The Labute approximate surface area is 108 Å². The number of amides is 1. The molecule has 1 amide bonds. The van der Waals surface area contributed by atoms with Gasteiger partial charge in [-0.3, -0.25) is 4.79 Å². The summed E-state index contributed by atoms with van der Waals surface area (Å²) < 4.78 is 0. The van der Waals surface area contributed by atoms with Crippen LogP contribution in [0.1, 0.15) is 38.5 Å². The molecule has 1 saturated carbocycles. The first-order valence-corrected chi connectivity index (χ1v) is 7.98. The zero-order valence-electron chi connectivity index (χ0n) is 10.5. The Bertz CT molecular complexity index is 236. The Kier molecular flexibility index (Phi) is 5.65. The molecule has 0 spiro atoms. The minimum Gasteiger partial charge on any atom is -0.355 e. The summed E-state index contributed by atoms with van der Waals surface area (Å²) >= 11 is 1.84. The molecule has 4 heteroatoms. The molecule has 98 valence electrons. The van der Waals surface area contributed by atoms with E-state index in [2.05, 4.69) is 10.6 Å². The van der Waals surface area contributed by atoms with E-state index in [0.717, 1.165) is 25.6 Å². The number of carbonyl (C=O) groups is 1. The summed E-state index contributed by atoms with van der Waals surface area (Å²) in [7, 11) is 0. The Balaban J connectivity index is 1.53. The van der Waals surface area contributed by atoms with Gasteiger partial charge in [0.05, 0.1) is 5.75 Å². The van der Waals surface area contributed by atoms with Crippen LogP contribution < -0.4 is 10.6 Å². The van der Waals surface area contributed by atoms with Crippen LogP contribution in [0, 0.1) is 5.92 Å². The van der Waals surface area contributed by atoms with E-state index >= 15 is 0 Å². The number of hydrogen-bond acceptors (Lipinski definition) is 3. The third-order valence-electron chi connectivity index (χ3n) is 3.80. The molecule has 0 bridgehead atoms. The summed E-state index contributed by atoms with van der Waals surface area (Å²) in [6, 6.07) is 0. The van der Waals surface area contributed by atoms with Crippen LogP contribution in [0.4, 0.5) is 0 Å². The highest BCUT2D eigenvalue weighted by Crippen LogP contribution is 2.24. The maximum absolute atomic E-state index is 11.7. The van der Waals surface area contributed by atoms with Crippen LogP contribution in [-0.2, 0) is 4.79 Å². The molecule has 1 heterocycles. The molecule has 3 nitrogen and oxygen atoms in total. The predicted octanol–water partition coefficient (Wildman–Crippen LogP) is 1.78. The third-order valence-corrected chi connectivity index (χ3v) is 5.17. The number of hydrogen-bond donors (Lipinski definition) is 2. The van der Waals surface area contributed by atoms with Gasteiger partial charge in [0.2, 0.25) is 5.91 Å². The maximum Gasteiger partial charge on any atom is 0.230 e. The van der Waals surface area contributed by atoms with Crippen LogP contribution >= 0.6 is 11.8 Å². The molecule has 0 radical (unpaired) electrons. The maximum atomic E-state index is 11.7. The normalized spacial score (nSPS) is 22.8. The number of nitrogens with one attached hydrogen (secondary N) is 2. The van der Waals surface area contributed by atoms with Crippen LogP contribution in [0.3, 0.4) is 0 Å². The van der Waals surface area contributed by atoms with Crippen LogP contribution in [0.5, 0.6) is 0 Å².